The molecule has 0 aliphatic carbocycles. The largest absolute Gasteiger partial charge is 0.465 e. The van der Waals surface area contributed by atoms with Crippen molar-refractivity contribution < 1.29 is 22.7 Å². The number of thiazole rings is 1. The number of benzene rings is 2. The first-order valence-electron chi connectivity index (χ1n) is 12.0. The first-order chi connectivity index (χ1) is 17.1. The van der Waals surface area contributed by atoms with E-state index in [-0.39, 0.29) is 48.9 Å². The van der Waals surface area contributed by atoms with Crippen LogP contribution in [0.4, 0.5) is 0 Å². The number of aryl methyl sites for hydroxylation is 3. The van der Waals surface area contributed by atoms with Gasteiger partial charge in [-0.3, -0.25) is 9.59 Å². The minimum atomic E-state index is -3.60. The van der Waals surface area contributed by atoms with Crippen LogP contribution in [0.5, 0.6) is 0 Å². The van der Waals surface area contributed by atoms with Gasteiger partial charge in [0.1, 0.15) is 6.54 Å². The summed E-state index contributed by atoms with van der Waals surface area (Å²) >= 11 is 1.38. The van der Waals surface area contributed by atoms with Crippen LogP contribution in [0.15, 0.2) is 46.3 Å². The van der Waals surface area contributed by atoms with E-state index in [1.807, 2.05) is 26.8 Å². The molecule has 2 heterocycles. The highest BCUT2D eigenvalue weighted by Gasteiger charge is 2.32. The van der Waals surface area contributed by atoms with E-state index in [9.17, 15) is 18.0 Å². The minimum Gasteiger partial charge on any atom is -0.465 e. The summed E-state index contributed by atoms with van der Waals surface area (Å²) in [6.07, 6.45) is 0.794. The van der Waals surface area contributed by atoms with E-state index in [0.29, 0.717) is 17.6 Å². The van der Waals surface area contributed by atoms with Crippen LogP contribution in [0, 0.1) is 26.7 Å². The molecule has 0 N–H and O–H groups in total. The number of sulfonamides is 1. The average Bonchev–Trinajstić information content (AvgIpc) is 3.16. The van der Waals surface area contributed by atoms with Gasteiger partial charge in [-0.05, 0) is 69.9 Å². The Balaban J connectivity index is 1.57. The Hall–Kier alpha value is -2.82. The zero-order valence-corrected chi connectivity index (χ0v) is 22.6. The fourth-order valence-electron chi connectivity index (χ4n) is 4.47. The van der Waals surface area contributed by atoms with Gasteiger partial charge in [0, 0.05) is 19.0 Å². The molecule has 2 aromatic carbocycles. The highest BCUT2D eigenvalue weighted by atomic mass is 32.2. The molecule has 1 aromatic heterocycles. The third-order valence-corrected chi connectivity index (χ3v) is 9.52. The molecule has 8 nitrogen and oxygen atoms in total. The predicted molar refractivity (Wildman–Crippen MR) is 139 cm³/mol. The van der Waals surface area contributed by atoms with Crippen molar-refractivity contribution in [1.82, 2.24) is 8.87 Å². The van der Waals surface area contributed by atoms with Gasteiger partial charge in [-0.2, -0.15) is 9.30 Å². The van der Waals surface area contributed by atoms with Crippen LogP contribution in [-0.4, -0.2) is 48.9 Å². The summed E-state index contributed by atoms with van der Waals surface area (Å²) in [6.45, 7) is 8.40. The van der Waals surface area contributed by atoms with Gasteiger partial charge in [-0.25, -0.2) is 8.42 Å². The molecule has 0 bridgehead atoms. The number of carbonyl (C=O) groups is 2. The summed E-state index contributed by atoms with van der Waals surface area (Å²) in [5.74, 6) is -1.06. The van der Waals surface area contributed by atoms with Crippen LogP contribution in [0.3, 0.4) is 0 Å². The van der Waals surface area contributed by atoms with Gasteiger partial charge >= 0.3 is 5.97 Å². The van der Waals surface area contributed by atoms with Gasteiger partial charge < -0.3 is 9.30 Å². The smallest absolute Gasteiger partial charge is 0.326 e. The summed E-state index contributed by atoms with van der Waals surface area (Å²) in [4.78, 5) is 30.6. The van der Waals surface area contributed by atoms with Crippen molar-refractivity contribution in [3.8, 4) is 0 Å². The number of nitrogens with zero attached hydrogens (tertiary/aromatic N) is 3. The topological polar surface area (TPSA) is 98.0 Å². The van der Waals surface area contributed by atoms with Gasteiger partial charge in [0.25, 0.3) is 5.91 Å². The number of rotatable bonds is 6. The van der Waals surface area contributed by atoms with Crippen LogP contribution in [0.2, 0.25) is 0 Å². The average molecular weight is 530 g/mol. The van der Waals surface area contributed by atoms with E-state index in [4.69, 9.17) is 4.74 Å². The summed E-state index contributed by atoms with van der Waals surface area (Å²) < 4.78 is 35.3. The molecule has 0 unspecified atom stereocenters. The first kappa shape index (κ1) is 26.2. The zero-order chi connectivity index (χ0) is 26.0. The number of hydrogen-bond donors (Lipinski definition) is 0. The number of aromatic nitrogens is 1. The van der Waals surface area contributed by atoms with E-state index >= 15 is 0 Å². The number of hydrogen-bond acceptors (Lipinski definition) is 6. The zero-order valence-electron chi connectivity index (χ0n) is 21.0. The Morgan fingerprint density at radius 1 is 1.06 bits per heavy atom. The number of esters is 1. The fraction of sp³-hybridized carbons (Fsp3) is 0.423. The molecule has 0 radical (unpaired) electrons. The van der Waals surface area contributed by atoms with Gasteiger partial charge in [0.2, 0.25) is 10.0 Å². The van der Waals surface area contributed by atoms with Crippen molar-refractivity contribution in [3.63, 3.8) is 0 Å². The molecule has 1 amide bonds. The maximum Gasteiger partial charge on any atom is 0.326 e. The minimum absolute atomic E-state index is 0.0317. The van der Waals surface area contributed by atoms with Gasteiger partial charge in [0.15, 0.2) is 4.80 Å². The first-order valence-corrected chi connectivity index (χ1v) is 14.3. The third kappa shape index (κ3) is 5.45. The third-order valence-electron chi connectivity index (χ3n) is 6.37. The maximum absolute atomic E-state index is 13.2. The van der Waals surface area contributed by atoms with Crippen LogP contribution < -0.4 is 4.80 Å². The van der Waals surface area contributed by atoms with Crippen LogP contribution in [0.25, 0.3) is 10.2 Å². The Morgan fingerprint density at radius 2 is 1.72 bits per heavy atom. The fourth-order valence-corrected chi connectivity index (χ4v) is 7.03. The molecule has 36 heavy (non-hydrogen) atoms. The Morgan fingerprint density at radius 3 is 2.36 bits per heavy atom. The van der Waals surface area contributed by atoms with Gasteiger partial charge in [0.05, 0.1) is 21.7 Å². The predicted octanol–water partition coefficient (Wildman–Crippen LogP) is 3.72. The lowest BCUT2D eigenvalue weighted by Gasteiger charge is -2.29. The molecular formula is C26H31N3O5S2. The molecule has 4 rings (SSSR count). The van der Waals surface area contributed by atoms with Crippen LogP contribution >= 0.6 is 11.3 Å². The molecule has 3 aromatic rings. The number of carbonyl (C=O) groups excluding carboxylic acids is 2. The van der Waals surface area contributed by atoms with E-state index < -0.39 is 10.0 Å². The second-order valence-electron chi connectivity index (χ2n) is 9.15. The Labute approximate surface area is 215 Å². The van der Waals surface area contributed by atoms with Crippen molar-refractivity contribution in [1.29, 1.82) is 0 Å². The second-order valence-corrected chi connectivity index (χ2v) is 12.1. The molecule has 10 heteroatoms. The molecule has 1 fully saturated rings. The standard InChI is InChI=1S/C26H31N3O5S2/c1-5-34-23(30)16-29-22-15-18(3)14-19(4)24(22)35-26(29)27-25(31)20-10-12-28(13-11-20)36(32,33)21-8-6-17(2)7-9-21/h6-9,14-15,20H,5,10-13,16H2,1-4H3. The van der Waals surface area contributed by atoms with E-state index in [0.717, 1.165) is 26.9 Å². The van der Waals surface area contributed by atoms with E-state index in [2.05, 4.69) is 11.1 Å². The SMILES string of the molecule is CCOC(=O)Cn1c(=NC(=O)C2CCN(S(=O)(=O)c3ccc(C)cc3)CC2)sc2c(C)cc(C)cc21. The molecule has 1 saturated heterocycles. The normalized spacial score (nSPS) is 15.9. The van der Waals surface area contributed by atoms with E-state index in [1.165, 1.54) is 15.6 Å². The van der Waals surface area contributed by atoms with Crippen molar-refractivity contribution in [3.05, 3.63) is 57.9 Å². The molecular weight excluding hydrogens is 498 g/mol. The van der Waals surface area contributed by atoms with Crippen molar-refractivity contribution in [2.75, 3.05) is 19.7 Å². The Kier molecular flexibility index (Phi) is 7.77. The molecule has 0 atom stereocenters. The lowest BCUT2D eigenvalue weighted by molar-refractivity contribution is -0.143. The number of amides is 1. The van der Waals surface area contributed by atoms with Crippen LogP contribution in [-0.2, 0) is 30.9 Å². The van der Waals surface area contributed by atoms with Crippen molar-refractivity contribution in [2.24, 2.45) is 10.9 Å². The number of ether oxygens (including phenoxy) is 1. The molecule has 1 aliphatic rings. The summed E-state index contributed by atoms with van der Waals surface area (Å²) in [7, 11) is -3.60. The maximum atomic E-state index is 13.2. The summed E-state index contributed by atoms with van der Waals surface area (Å²) in [5, 5.41) is 0. The molecule has 0 saturated carbocycles. The Bertz CT molecular complexity index is 1460. The molecule has 1 aliphatic heterocycles. The molecule has 0 spiro atoms. The number of piperidine rings is 1. The lowest BCUT2D eigenvalue weighted by atomic mass is 9.98. The monoisotopic (exact) mass is 529 g/mol. The van der Waals surface area contributed by atoms with Crippen molar-refractivity contribution in [2.45, 2.75) is 52.0 Å². The molecule has 192 valence electrons. The summed E-state index contributed by atoms with van der Waals surface area (Å²) in [5.41, 5.74) is 3.94. The summed E-state index contributed by atoms with van der Waals surface area (Å²) in [6, 6.07) is 10.8. The van der Waals surface area contributed by atoms with E-state index in [1.54, 1.807) is 35.8 Å². The van der Waals surface area contributed by atoms with Gasteiger partial charge in [-0.15, -0.1) is 0 Å². The van der Waals surface area contributed by atoms with Crippen molar-refractivity contribution >= 4 is 43.5 Å². The highest BCUT2D eigenvalue weighted by molar-refractivity contribution is 7.89. The second kappa shape index (κ2) is 10.7. The lowest BCUT2D eigenvalue weighted by Crippen LogP contribution is -2.40. The highest BCUT2D eigenvalue weighted by Crippen LogP contribution is 2.26. The van der Waals surface area contributed by atoms with Gasteiger partial charge in [-0.1, -0.05) is 35.1 Å². The van der Waals surface area contributed by atoms with Crippen LogP contribution in [0.1, 0.15) is 36.5 Å². The quantitative estimate of drug-likeness (QED) is 0.454. The number of fused-ring (bicyclic) bond motifs is 1.